The summed E-state index contributed by atoms with van der Waals surface area (Å²) < 4.78 is 0.939. The lowest BCUT2D eigenvalue weighted by molar-refractivity contribution is 0.430. The fourth-order valence-corrected chi connectivity index (χ4v) is 2.29. The minimum atomic E-state index is 0.558. The Labute approximate surface area is 89.8 Å². The minimum absolute atomic E-state index is 0.558. The molecule has 0 radical (unpaired) electrons. The third-order valence-electron chi connectivity index (χ3n) is 1.42. The second-order valence-electron chi connectivity index (χ2n) is 2.51. The Kier molecular flexibility index (Phi) is 8.50. The SMILES string of the molecule is CCCN(CCC)C(=S)SCCl. The molecule has 0 saturated heterocycles. The predicted octanol–water partition coefficient (Wildman–Crippen LogP) is 3.32. The van der Waals surface area contributed by atoms with Gasteiger partial charge in [-0.1, -0.05) is 37.8 Å². The maximum atomic E-state index is 5.59. The first kappa shape index (κ1) is 12.5. The second-order valence-corrected chi connectivity index (χ2v) is 4.70. The van der Waals surface area contributed by atoms with E-state index in [1.807, 2.05) is 0 Å². The van der Waals surface area contributed by atoms with Gasteiger partial charge in [-0.05, 0) is 12.8 Å². The van der Waals surface area contributed by atoms with Gasteiger partial charge in [0.2, 0.25) is 0 Å². The molecule has 0 bridgehead atoms. The van der Waals surface area contributed by atoms with Gasteiger partial charge in [0.1, 0.15) is 4.32 Å². The van der Waals surface area contributed by atoms with Gasteiger partial charge in [-0.3, -0.25) is 0 Å². The molecule has 12 heavy (non-hydrogen) atoms. The molecule has 0 saturated carbocycles. The van der Waals surface area contributed by atoms with Crippen LogP contribution in [0.15, 0.2) is 0 Å². The van der Waals surface area contributed by atoms with Gasteiger partial charge in [0.15, 0.2) is 0 Å². The summed E-state index contributed by atoms with van der Waals surface area (Å²) in [6.07, 6.45) is 2.28. The van der Waals surface area contributed by atoms with Crippen molar-refractivity contribution in [3.8, 4) is 0 Å². The number of halogens is 1. The molecule has 4 heteroatoms. The van der Waals surface area contributed by atoms with E-state index in [-0.39, 0.29) is 0 Å². The molecule has 0 heterocycles. The number of alkyl halides is 1. The molecule has 0 aliphatic carbocycles. The predicted molar refractivity (Wildman–Crippen MR) is 63.1 cm³/mol. The van der Waals surface area contributed by atoms with Crippen LogP contribution < -0.4 is 0 Å². The molecule has 0 unspecified atom stereocenters. The van der Waals surface area contributed by atoms with Crippen molar-refractivity contribution in [1.82, 2.24) is 4.90 Å². The van der Waals surface area contributed by atoms with Crippen LogP contribution in [-0.4, -0.2) is 27.5 Å². The highest BCUT2D eigenvalue weighted by Crippen LogP contribution is 2.11. The van der Waals surface area contributed by atoms with Crippen molar-refractivity contribution in [2.45, 2.75) is 26.7 Å². The molecule has 0 N–H and O–H groups in total. The highest BCUT2D eigenvalue weighted by Gasteiger charge is 2.06. The van der Waals surface area contributed by atoms with Crippen molar-refractivity contribution in [1.29, 1.82) is 0 Å². The van der Waals surface area contributed by atoms with Crippen LogP contribution in [0, 0.1) is 0 Å². The maximum Gasteiger partial charge on any atom is 0.137 e. The first-order chi connectivity index (χ1) is 5.76. The van der Waals surface area contributed by atoms with Crippen molar-refractivity contribution in [3.63, 3.8) is 0 Å². The molecule has 0 amide bonds. The largest absolute Gasteiger partial charge is 0.358 e. The summed E-state index contributed by atoms with van der Waals surface area (Å²) in [5.41, 5.74) is 0. The zero-order valence-electron chi connectivity index (χ0n) is 7.68. The molecule has 0 atom stereocenters. The molecule has 72 valence electrons. The molecule has 0 aliphatic heterocycles. The molecule has 0 aliphatic rings. The zero-order chi connectivity index (χ0) is 9.40. The molecule has 0 spiro atoms. The Morgan fingerprint density at radius 3 is 2.17 bits per heavy atom. The Morgan fingerprint density at radius 1 is 1.33 bits per heavy atom. The summed E-state index contributed by atoms with van der Waals surface area (Å²) in [6, 6.07) is 0. The van der Waals surface area contributed by atoms with Crippen LogP contribution in [0.5, 0.6) is 0 Å². The Balaban J connectivity index is 3.81. The van der Waals surface area contributed by atoms with E-state index in [1.165, 1.54) is 0 Å². The number of thioether (sulfide) groups is 1. The molecular weight excluding hydrogens is 210 g/mol. The lowest BCUT2D eigenvalue weighted by Gasteiger charge is -2.22. The fraction of sp³-hybridized carbons (Fsp3) is 0.875. The maximum absolute atomic E-state index is 5.59. The van der Waals surface area contributed by atoms with Crippen molar-refractivity contribution in [2.24, 2.45) is 0 Å². The van der Waals surface area contributed by atoms with Crippen LogP contribution in [0.1, 0.15) is 26.7 Å². The smallest absolute Gasteiger partial charge is 0.137 e. The van der Waals surface area contributed by atoms with E-state index in [2.05, 4.69) is 18.7 Å². The quantitative estimate of drug-likeness (QED) is 0.522. The minimum Gasteiger partial charge on any atom is -0.358 e. The summed E-state index contributed by atoms with van der Waals surface area (Å²) >= 11 is 12.3. The molecule has 0 aromatic carbocycles. The second kappa shape index (κ2) is 8.14. The van der Waals surface area contributed by atoms with Crippen LogP contribution in [0.4, 0.5) is 0 Å². The molecule has 0 fully saturated rings. The normalized spacial score (nSPS) is 9.92. The molecule has 0 rings (SSSR count). The Morgan fingerprint density at radius 2 is 1.83 bits per heavy atom. The standard InChI is InChI=1S/C8H16ClNS2/c1-3-5-10(6-4-2)8(11)12-7-9/h3-7H2,1-2H3. The number of rotatable bonds is 5. The van der Waals surface area contributed by atoms with Gasteiger partial charge in [0.05, 0.1) is 5.21 Å². The van der Waals surface area contributed by atoms with E-state index in [0.717, 1.165) is 30.3 Å². The van der Waals surface area contributed by atoms with Gasteiger partial charge < -0.3 is 4.90 Å². The summed E-state index contributed by atoms with van der Waals surface area (Å²) in [6.45, 7) is 6.43. The summed E-state index contributed by atoms with van der Waals surface area (Å²) in [5.74, 6) is 0. The van der Waals surface area contributed by atoms with Gasteiger partial charge in [-0.25, -0.2) is 0 Å². The van der Waals surface area contributed by atoms with Gasteiger partial charge >= 0.3 is 0 Å². The van der Waals surface area contributed by atoms with E-state index < -0.39 is 0 Å². The van der Waals surface area contributed by atoms with E-state index in [0.29, 0.717) is 5.21 Å². The first-order valence-corrected chi connectivity index (χ1v) is 6.16. The van der Waals surface area contributed by atoms with Gasteiger partial charge in [-0.15, -0.1) is 11.6 Å². The number of thiocarbonyl (C=S) groups is 1. The van der Waals surface area contributed by atoms with Crippen LogP contribution in [-0.2, 0) is 0 Å². The van der Waals surface area contributed by atoms with E-state index in [1.54, 1.807) is 11.8 Å². The number of hydrogen-bond donors (Lipinski definition) is 0. The Hall–Kier alpha value is 0.530. The number of hydrogen-bond acceptors (Lipinski definition) is 2. The van der Waals surface area contributed by atoms with Crippen molar-refractivity contribution >= 4 is 39.9 Å². The molecule has 1 nitrogen and oxygen atoms in total. The first-order valence-electron chi connectivity index (χ1n) is 4.23. The average molecular weight is 226 g/mol. The highest BCUT2D eigenvalue weighted by atomic mass is 35.5. The average Bonchev–Trinajstić information content (AvgIpc) is 2.04. The van der Waals surface area contributed by atoms with Crippen LogP contribution in [0.25, 0.3) is 0 Å². The van der Waals surface area contributed by atoms with Crippen molar-refractivity contribution in [2.75, 3.05) is 18.3 Å². The lowest BCUT2D eigenvalue weighted by atomic mass is 10.4. The zero-order valence-corrected chi connectivity index (χ0v) is 10.1. The van der Waals surface area contributed by atoms with Gasteiger partial charge in [-0.2, -0.15) is 0 Å². The van der Waals surface area contributed by atoms with Gasteiger partial charge in [0, 0.05) is 13.1 Å². The summed E-state index contributed by atoms with van der Waals surface area (Å²) in [7, 11) is 0. The van der Waals surface area contributed by atoms with Crippen LogP contribution in [0.2, 0.25) is 0 Å². The fourth-order valence-electron chi connectivity index (χ4n) is 0.972. The highest BCUT2D eigenvalue weighted by molar-refractivity contribution is 8.23. The molecular formula is C8H16ClNS2. The lowest BCUT2D eigenvalue weighted by Crippen LogP contribution is -2.28. The number of nitrogens with zero attached hydrogens (tertiary/aromatic N) is 1. The van der Waals surface area contributed by atoms with Crippen molar-refractivity contribution in [3.05, 3.63) is 0 Å². The molecule has 0 aromatic rings. The third kappa shape index (κ3) is 5.22. The monoisotopic (exact) mass is 225 g/mol. The van der Waals surface area contributed by atoms with E-state index >= 15 is 0 Å². The van der Waals surface area contributed by atoms with E-state index in [9.17, 15) is 0 Å². The van der Waals surface area contributed by atoms with Crippen LogP contribution in [0.3, 0.4) is 0 Å². The van der Waals surface area contributed by atoms with Crippen molar-refractivity contribution < 1.29 is 0 Å². The van der Waals surface area contributed by atoms with E-state index in [4.69, 9.17) is 23.8 Å². The summed E-state index contributed by atoms with van der Waals surface area (Å²) in [5, 5.41) is 0.558. The summed E-state index contributed by atoms with van der Waals surface area (Å²) in [4.78, 5) is 2.22. The van der Waals surface area contributed by atoms with Gasteiger partial charge in [0.25, 0.3) is 0 Å². The molecule has 0 aromatic heterocycles. The third-order valence-corrected chi connectivity index (χ3v) is 2.98. The topological polar surface area (TPSA) is 3.24 Å². The van der Waals surface area contributed by atoms with Crippen LogP contribution >= 0.6 is 35.6 Å². The Bertz CT molecular complexity index is 124.